The summed E-state index contributed by atoms with van der Waals surface area (Å²) in [5, 5.41) is 1.14. The fraction of sp³-hybridized carbons (Fsp3) is 0.312. The number of methoxy groups -OCH3 is 2. The summed E-state index contributed by atoms with van der Waals surface area (Å²) in [6.07, 6.45) is 6.75. The van der Waals surface area contributed by atoms with Gasteiger partial charge in [0.05, 0.1) is 25.3 Å². The minimum Gasteiger partial charge on any atom is -0.497 e. The van der Waals surface area contributed by atoms with Crippen molar-refractivity contribution in [3.8, 4) is 17.0 Å². The van der Waals surface area contributed by atoms with Gasteiger partial charge in [-0.3, -0.25) is 0 Å². The number of H-pyrrole nitrogens is 1. The summed E-state index contributed by atoms with van der Waals surface area (Å²) in [5.41, 5.74) is 3.33. The van der Waals surface area contributed by atoms with E-state index in [0.29, 0.717) is 0 Å². The molecule has 5 nitrogen and oxygen atoms in total. The van der Waals surface area contributed by atoms with E-state index in [-0.39, 0.29) is 0 Å². The molecule has 0 bridgehead atoms. The SMILES string of the molecule is COCCCn1cncc1-c1c[nH]c2ccc(OC)cc12. The molecular formula is C16H19N3O2. The number of rotatable bonds is 6. The highest BCUT2D eigenvalue weighted by molar-refractivity contribution is 5.95. The normalized spacial score (nSPS) is 11.1. The van der Waals surface area contributed by atoms with Crippen LogP contribution in [0.3, 0.4) is 0 Å². The topological polar surface area (TPSA) is 52.1 Å². The molecular weight excluding hydrogens is 266 g/mol. The monoisotopic (exact) mass is 285 g/mol. The fourth-order valence-electron chi connectivity index (χ4n) is 2.54. The van der Waals surface area contributed by atoms with Crippen LogP contribution in [-0.4, -0.2) is 35.4 Å². The predicted molar refractivity (Wildman–Crippen MR) is 82.6 cm³/mol. The van der Waals surface area contributed by atoms with E-state index >= 15 is 0 Å². The van der Waals surface area contributed by atoms with Gasteiger partial charge in [-0.05, 0) is 24.6 Å². The molecule has 0 saturated carbocycles. The summed E-state index contributed by atoms with van der Waals surface area (Å²) in [5.74, 6) is 0.855. The summed E-state index contributed by atoms with van der Waals surface area (Å²) in [7, 11) is 3.41. The van der Waals surface area contributed by atoms with E-state index in [1.54, 1.807) is 14.2 Å². The van der Waals surface area contributed by atoms with Crippen molar-refractivity contribution in [3.05, 3.63) is 36.9 Å². The standard InChI is InChI=1S/C16H19N3O2/c1-20-7-3-6-19-11-17-10-16(19)14-9-18-15-5-4-12(21-2)8-13(14)15/h4-5,8-11,18H,3,6-7H2,1-2H3. The molecule has 3 aromatic rings. The highest BCUT2D eigenvalue weighted by atomic mass is 16.5. The van der Waals surface area contributed by atoms with Crippen LogP contribution in [0, 0.1) is 0 Å². The second kappa shape index (κ2) is 6.01. The molecule has 5 heteroatoms. The van der Waals surface area contributed by atoms with Crippen LogP contribution in [0.1, 0.15) is 6.42 Å². The Labute approximate surface area is 123 Å². The summed E-state index contributed by atoms with van der Waals surface area (Å²) >= 11 is 0. The van der Waals surface area contributed by atoms with Gasteiger partial charge in [0.15, 0.2) is 0 Å². The minimum atomic E-state index is 0.749. The molecule has 0 saturated heterocycles. The lowest BCUT2D eigenvalue weighted by atomic mass is 10.1. The number of ether oxygens (including phenoxy) is 2. The molecule has 110 valence electrons. The molecule has 21 heavy (non-hydrogen) atoms. The molecule has 0 amide bonds. The van der Waals surface area contributed by atoms with Crippen molar-refractivity contribution in [2.45, 2.75) is 13.0 Å². The molecule has 0 radical (unpaired) electrons. The lowest BCUT2D eigenvalue weighted by Crippen LogP contribution is -2.01. The maximum absolute atomic E-state index is 5.32. The van der Waals surface area contributed by atoms with E-state index in [1.165, 1.54) is 0 Å². The van der Waals surface area contributed by atoms with Gasteiger partial charge in [-0.15, -0.1) is 0 Å². The van der Waals surface area contributed by atoms with Crippen LogP contribution in [0.4, 0.5) is 0 Å². The van der Waals surface area contributed by atoms with Gasteiger partial charge in [-0.1, -0.05) is 0 Å². The third kappa shape index (κ3) is 2.64. The van der Waals surface area contributed by atoms with Gasteiger partial charge in [0.25, 0.3) is 0 Å². The van der Waals surface area contributed by atoms with E-state index < -0.39 is 0 Å². The van der Waals surface area contributed by atoms with Gasteiger partial charge in [0.1, 0.15) is 5.75 Å². The van der Waals surface area contributed by atoms with Crippen LogP contribution in [0.2, 0.25) is 0 Å². The van der Waals surface area contributed by atoms with Gasteiger partial charge in [-0.2, -0.15) is 0 Å². The average Bonchev–Trinajstić information content (AvgIpc) is 3.12. The van der Waals surface area contributed by atoms with Gasteiger partial charge >= 0.3 is 0 Å². The molecule has 0 aliphatic rings. The Balaban J connectivity index is 1.98. The Morgan fingerprint density at radius 2 is 2.19 bits per heavy atom. The second-order valence-electron chi connectivity index (χ2n) is 4.93. The van der Waals surface area contributed by atoms with Crippen LogP contribution >= 0.6 is 0 Å². The number of benzene rings is 1. The molecule has 1 N–H and O–H groups in total. The number of aromatic amines is 1. The van der Waals surface area contributed by atoms with Crippen LogP contribution in [-0.2, 0) is 11.3 Å². The quantitative estimate of drug-likeness (QED) is 0.708. The van der Waals surface area contributed by atoms with E-state index in [4.69, 9.17) is 9.47 Å². The maximum atomic E-state index is 5.32. The third-order valence-corrected chi connectivity index (χ3v) is 3.62. The Bertz CT molecular complexity index is 730. The number of fused-ring (bicyclic) bond motifs is 1. The summed E-state index contributed by atoms with van der Waals surface area (Å²) in [6, 6.07) is 6.04. The van der Waals surface area contributed by atoms with Gasteiger partial charge in [0, 0.05) is 42.9 Å². The summed E-state index contributed by atoms with van der Waals surface area (Å²) in [4.78, 5) is 7.58. The van der Waals surface area contributed by atoms with Crippen molar-refractivity contribution in [3.63, 3.8) is 0 Å². The van der Waals surface area contributed by atoms with Gasteiger partial charge in [-0.25, -0.2) is 4.98 Å². The summed E-state index contributed by atoms with van der Waals surface area (Å²) in [6.45, 7) is 1.64. The molecule has 0 unspecified atom stereocenters. The van der Waals surface area contributed by atoms with E-state index in [2.05, 4.69) is 14.5 Å². The number of aryl methyl sites for hydroxylation is 1. The molecule has 0 aliphatic heterocycles. The van der Waals surface area contributed by atoms with Crippen molar-refractivity contribution in [2.24, 2.45) is 0 Å². The Morgan fingerprint density at radius 3 is 3.00 bits per heavy atom. The zero-order valence-corrected chi connectivity index (χ0v) is 12.3. The first kappa shape index (κ1) is 13.7. The highest BCUT2D eigenvalue weighted by Crippen LogP contribution is 2.31. The molecule has 2 aromatic heterocycles. The fourth-order valence-corrected chi connectivity index (χ4v) is 2.54. The molecule has 0 fully saturated rings. The smallest absolute Gasteiger partial charge is 0.119 e. The first-order valence-electron chi connectivity index (χ1n) is 6.98. The predicted octanol–water partition coefficient (Wildman–Crippen LogP) is 3.08. The van der Waals surface area contributed by atoms with Crippen molar-refractivity contribution >= 4 is 10.9 Å². The van der Waals surface area contributed by atoms with Gasteiger partial charge < -0.3 is 19.0 Å². The van der Waals surface area contributed by atoms with Crippen LogP contribution < -0.4 is 4.74 Å². The van der Waals surface area contributed by atoms with Crippen LogP contribution in [0.15, 0.2) is 36.9 Å². The number of aromatic nitrogens is 3. The number of imidazole rings is 1. The average molecular weight is 285 g/mol. The van der Waals surface area contributed by atoms with Crippen molar-refractivity contribution in [2.75, 3.05) is 20.8 Å². The minimum absolute atomic E-state index is 0.749. The zero-order chi connectivity index (χ0) is 14.7. The molecule has 0 aliphatic carbocycles. The zero-order valence-electron chi connectivity index (χ0n) is 12.3. The first-order chi connectivity index (χ1) is 10.3. The van der Waals surface area contributed by atoms with Crippen molar-refractivity contribution < 1.29 is 9.47 Å². The Morgan fingerprint density at radius 1 is 1.29 bits per heavy atom. The van der Waals surface area contributed by atoms with Gasteiger partial charge in [0.2, 0.25) is 0 Å². The molecule has 2 heterocycles. The first-order valence-corrected chi connectivity index (χ1v) is 6.98. The van der Waals surface area contributed by atoms with E-state index in [9.17, 15) is 0 Å². The number of nitrogens with zero attached hydrogens (tertiary/aromatic N) is 2. The maximum Gasteiger partial charge on any atom is 0.119 e. The Hall–Kier alpha value is -2.27. The van der Waals surface area contributed by atoms with E-state index in [1.807, 2.05) is 36.9 Å². The summed E-state index contributed by atoms with van der Waals surface area (Å²) < 4.78 is 12.6. The molecule has 0 spiro atoms. The van der Waals surface area contributed by atoms with Crippen LogP contribution in [0.5, 0.6) is 5.75 Å². The van der Waals surface area contributed by atoms with E-state index in [0.717, 1.165) is 47.5 Å². The number of nitrogens with one attached hydrogen (secondary N) is 1. The van der Waals surface area contributed by atoms with Crippen molar-refractivity contribution in [1.29, 1.82) is 0 Å². The second-order valence-corrected chi connectivity index (χ2v) is 4.93. The third-order valence-electron chi connectivity index (χ3n) is 3.62. The van der Waals surface area contributed by atoms with Crippen molar-refractivity contribution in [1.82, 2.24) is 14.5 Å². The lowest BCUT2D eigenvalue weighted by Gasteiger charge is -2.07. The highest BCUT2D eigenvalue weighted by Gasteiger charge is 2.11. The molecule has 1 aromatic carbocycles. The Kier molecular flexibility index (Phi) is 3.92. The number of hydrogen-bond acceptors (Lipinski definition) is 3. The molecule has 3 rings (SSSR count). The molecule has 0 atom stereocenters. The number of hydrogen-bond donors (Lipinski definition) is 1. The lowest BCUT2D eigenvalue weighted by molar-refractivity contribution is 0.190. The van der Waals surface area contributed by atoms with Crippen LogP contribution in [0.25, 0.3) is 22.2 Å². The largest absolute Gasteiger partial charge is 0.497 e.